The Hall–Kier alpha value is -3.35. The lowest BCUT2D eigenvalue weighted by atomic mass is 10.0. The van der Waals surface area contributed by atoms with Gasteiger partial charge in [-0.15, -0.1) is 0 Å². The van der Waals surface area contributed by atoms with Gasteiger partial charge in [-0.25, -0.2) is 4.79 Å². The summed E-state index contributed by atoms with van der Waals surface area (Å²) in [5.41, 5.74) is 5.93. The topological polar surface area (TPSA) is 101 Å². The number of H-pyrrole nitrogens is 1. The number of nitrogen functional groups attached to an aromatic ring is 1. The molecule has 0 aliphatic carbocycles. The van der Waals surface area contributed by atoms with Crippen LogP contribution in [0.4, 0.5) is 11.5 Å². The Bertz CT molecular complexity index is 1160. The average Bonchev–Trinajstić information content (AvgIpc) is 2.73. The first-order chi connectivity index (χ1) is 14.5. The van der Waals surface area contributed by atoms with Crippen LogP contribution in [-0.2, 0) is 17.8 Å². The molecule has 30 heavy (non-hydrogen) atoms. The number of fused-ring (bicyclic) bond motifs is 1. The van der Waals surface area contributed by atoms with Gasteiger partial charge in [-0.1, -0.05) is 62.7 Å². The molecule has 0 bridgehead atoms. The van der Waals surface area contributed by atoms with E-state index in [2.05, 4.69) is 4.98 Å². The van der Waals surface area contributed by atoms with Gasteiger partial charge >= 0.3 is 5.69 Å². The number of carbonyl (C=O) groups excluding carboxylic acids is 1. The molecule has 7 nitrogen and oxygen atoms in total. The molecule has 1 amide bonds. The van der Waals surface area contributed by atoms with E-state index in [0.717, 1.165) is 29.2 Å². The van der Waals surface area contributed by atoms with E-state index in [1.165, 1.54) is 9.47 Å². The summed E-state index contributed by atoms with van der Waals surface area (Å²) in [6.45, 7) is 4.66. The fraction of sp³-hybridized carbons (Fsp3) is 0.348. The van der Waals surface area contributed by atoms with E-state index in [0.29, 0.717) is 19.5 Å². The fourth-order valence-corrected chi connectivity index (χ4v) is 3.58. The highest BCUT2D eigenvalue weighted by Gasteiger charge is 2.24. The fourth-order valence-electron chi connectivity index (χ4n) is 3.58. The molecule has 0 spiro atoms. The Morgan fingerprint density at radius 2 is 1.80 bits per heavy atom. The summed E-state index contributed by atoms with van der Waals surface area (Å²) < 4.78 is 1.32. The molecule has 0 unspecified atom stereocenters. The SMILES string of the molecule is CCCCN(C(=O)Cc1ccc2ccccc2c1)c1c(N)n(CCC)c(=O)[nH]c1=O. The summed E-state index contributed by atoms with van der Waals surface area (Å²) in [5.74, 6) is -0.189. The van der Waals surface area contributed by atoms with Crippen molar-refractivity contribution in [3.05, 3.63) is 68.9 Å². The number of nitrogens with one attached hydrogen (secondary N) is 1. The van der Waals surface area contributed by atoms with E-state index >= 15 is 0 Å². The van der Waals surface area contributed by atoms with Gasteiger partial charge in [-0.3, -0.25) is 19.1 Å². The van der Waals surface area contributed by atoms with E-state index in [9.17, 15) is 14.4 Å². The minimum atomic E-state index is -0.632. The number of hydrogen-bond acceptors (Lipinski definition) is 4. The van der Waals surface area contributed by atoms with Crippen molar-refractivity contribution < 1.29 is 4.79 Å². The van der Waals surface area contributed by atoms with Crippen molar-refractivity contribution in [2.45, 2.75) is 46.1 Å². The molecule has 0 saturated carbocycles. The van der Waals surface area contributed by atoms with Crippen LogP contribution >= 0.6 is 0 Å². The molecule has 0 saturated heterocycles. The van der Waals surface area contributed by atoms with Crippen molar-refractivity contribution in [2.75, 3.05) is 17.2 Å². The van der Waals surface area contributed by atoms with Gasteiger partial charge < -0.3 is 10.6 Å². The Labute approximate surface area is 175 Å². The van der Waals surface area contributed by atoms with Crippen LogP contribution in [-0.4, -0.2) is 22.0 Å². The van der Waals surface area contributed by atoms with Crippen LogP contribution in [0.1, 0.15) is 38.7 Å². The first-order valence-corrected chi connectivity index (χ1v) is 10.4. The zero-order chi connectivity index (χ0) is 21.7. The number of amides is 1. The third kappa shape index (κ3) is 4.45. The second kappa shape index (κ2) is 9.43. The van der Waals surface area contributed by atoms with Crippen LogP contribution < -0.4 is 21.9 Å². The van der Waals surface area contributed by atoms with Crippen LogP contribution in [0.15, 0.2) is 52.1 Å². The zero-order valence-corrected chi connectivity index (χ0v) is 17.5. The lowest BCUT2D eigenvalue weighted by Crippen LogP contribution is -2.42. The summed E-state index contributed by atoms with van der Waals surface area (Å²) in [5, 5.41) is 2.15. The smallest absolute Gasteiger partial charge is 0.330 e. The predicted octanol–water partition coefficient (Wildman–Crippen LogP) is 3.06. The molecule has 3 rings (SSSR count). The highest BCUT2D eigenvalue weighted by atomic mass is 16.2. The minimum Gasteiger partial charge on any atom is -0.383 e. The number of nitrogens with zero attached hydrogens (tertiary/aromatic N) is 2. The molecular weight excluding hydrogens is 380 g/mol. The van der Waals surface area contributed by atoms with Crippen molar-refractivity contribution in [2.24, 2.45) is 0 Å². The van der Waals surface area contributed by atoms with Crippen LogP contribution in [0, 0.1) is 0 Å². The summed E-state index contributed by atoms with van der Waals surface area (Å²) in [6, 6.07) is 13.8. The molecule has 7 heteroatoms. The molecule has 2 aromatic carbocycles. The van der Waals surface area contributed by atoms with Crippen LogP contribution in [0.25, 0.3) is 10.8 Å². The van der Waals surface area contributed by atoms with E-state index in [1.807, 2.05) is 56.3 Å². The largest absolute Gasteiger partial charge is 0.383 e. The number of aromatic amines is 1. The molecule has 3 N–H and O–H groups in total. The molecule has 0 aliphatic heterocycles. The zero-order valence-electron chi connectivity index (χ0n) is 17.5. The molecule has 158 valence electrons. The van der Waals surface area contributed by atoms with E-state index in [4.69, 9.17) is 5.73 Å². The maximum absolute atomic E-state index is 13.2. The summed E-state index contributed by atoms with van der Waals surface area (Å²) in [6.07, 6.45) is 2.39. The number of nitrogens with two attached hydrogens (primary N) is 1. The van der Waals surface area contributed by atoms with E-state index < -0.39 is 11.2 Å². The second-order valence-electron chi connectivity index (χ2n) is 7.40. The number of rotatable bonds is 8. The molecular formula is C23H28N4O3. The third-order valence-electron chi connectivity index (χ3n) is 5.14. The molecule has 1 heterocycles. The Balaban J connectivity index is 1.99. The molecule has 3 aromatic rings. The summed E-state index contributed by atoms with van der Waals surface area (Å²) >= 11 is 0. The van der Waals surface area contributed by atoms with Gasteiger partial charge in [-0.2, -0.15) is 0 Å². The van der Waals surface area contributed by atoms with Gasteiger partial charge in [-0.05, 0) is 29.2 Å². The standard InChI is InChI=1S/C23H28N4O3/c1-3-5-13-26(20-21(24)27(12-4-2)23(30)25-22(20)29)19(28)15-16-10-11-17-8-6-7-9-18(17)14-16/h6-11,14H,3-5,12-13,15,24H2,1-2H3,(H,25,29,30). The predicted molar refractivity (Wildman–Crippen MR) is 121 cm³/mol. The first kappa shape index (κ1) is 21.4. The summed E-state index contributed by atoms with van der Waals surface area (Å²) in [7, 11) is 0. The monoisotopic (exact) mass is 408 g/mol. The van der Waals surface area contributed by atoms with Gasteiger partial charge in [0.05, 0.1) is 6.42 Å². The maximum atomic E-state index is 13.2. The van der Waals surface area contributed by atoms with Crippen molar-refractivity contribution >= 4 is 28.2 Å². The Kier molecular flexibility index (Phi) is 6.72. The Morgan fingerprint density at radius 3 is 2.50 bits per heavy atom. The number of carbonyl (C=O) groups is 1. The third-order valence-corrected chi connectivity index (χ3v) is 5.14. The average molecular weight is 409 g/mol. The van der Waals surface area contributed by atoms with Crippen molar-refractivity contribution in [3.63, 3.8) is 0 Å². The van der Waals surface area contributed by atoms with Crippen molar-refractivity contribution in [3.8, 4) is 0 Å². The second-order valence-corrected chi connectivity index (χ2v) is 7.40. The van der Waals surface area contributed by atoms with Gasteiger partial charge in [0.1, 0.15) is 5.82 Å². The van der Waals surface area contributed by atoms with Gasteiger partial charge in [0.15, 0.2) is 5.69 Å². The van der Waals surface area contributed by atoms with Crippen LogP contribution in [0.5, 0.6) is 0 Å². The van der Waals surface area contributed by atoms with Crippen LogP contribution in [0.2, 0.25) is 0 Å². The number of unbranched alkanes of at least 4 members (excludes halogenated alkanes) is 1. The first-order valence-electron chi connectivity index (χ1n) is 10.4. The molecule has 0 radical (unpaired) electrons. The Morgan fingerprint density at radius 1 is 1.07 bits per heavy atom. The molecule has 0 atom stereocenters. The van der Waals surface area contributed by atoms with Crippen molar-refractivity contribution in [1.82, 2.24) is 9.55 Å². The lowest BCUT2D eigenvalue weighted by Gasteiger charge is -2.24. The molecule has 0 aliphatic rings. The van der Waals surface area contributed by atoms with Crippen LogP contribution in [0.3, 0.4) is 0 Å². The van der Waals surface area contributed by atoms with Gasteiger partial charge in [0.25, 0.3) is 5.56 Å². The maximum Gasteiger partial charge on any atom is 0.330 e. The van der Waals surface area contributed by atoms with Crippen molar-refractivity contribution in [1.29, 1.82) is 0 Å². The highest BCUT2D eigenvalue weighted by Crippen LogP contribution is 2.21. The van der Waals surface area contributed by atoms with E-state index in [1.54, 1.807) is 0 Å². The number of hydrogen-bond donors (Lipinski definition) is 2. The lowest BCUT2D eigenvalue weighted by molar-refractivity contribution is -0.118. The van der Waals surface area contributed by atoms with Gasteiger partial charge in [0.2, 0.25) is 5.91 Å². The number of aromatic nitrogens is 2. The number of benzene rings is 2. The normalized spacial score (nSPS) is 11.0. The van der Waals surface area contributed by atoms with Gasteiger partial charge in [0, 0.05) is 13.1 Å². The number of anilines is 2. The highest BCUT2D eigenvalue weighted by molar-refractivity contribution is 5.97. The minimum absolute atomic E-state index is 0.0357. The summed E-state index contributed by atoms with van der Waals surface area (Å²) in [4.78, 5) is 41.7. The quantitative estimate of drug-likeness (QED) is 0.598. The molecule has 0 fully saturated rings. The van der Waals surface area contributed by atoms with E-state index in [-0.39, 0.29) is 23.8 Å². The molecule has 1 aromatic heterocycles.